The fourth-order valence-corrected chi connectivity index (χ4v) is 1.09. The van der Waals surface area contributed by atoms with Gasteiger partial charge in [0, 0.05) is 6.26 Å². The maximum atomic E-state index is 10.8. The number of hydrogen-bond donors (Lipinski definition) is 0. The van der Waals surface area contributed by atoms with Crippen LogP contribution >= 0.6 is 12.0 Å². The molecule has 1 saturated carbocycles. The molecule has 0 amide bonds. The fourth-order valence-electron chi connectivity index (χ4n) is 0.794. The largest absolute Gasteiger partial charge is 0.391 e. The summed E-state index contributed by atoms with van der Waals surface area (Å²) < 4.78 is 4.72. The number of carbonyl (C=O) groups is 1. The van der Waals surface area contributed by atoms with E-state index in [1.807, 2.05) is 0 Å². The lowest BCUT2D eigenvalue weighted by Gasteiger charge is -2.21. The summed E-state index contributed by atoms with van der Waals surface area (Å²) in [5.41, 5.74) is 0. The quantitative estimate of drug-likeness (QED) is 0.553. The molecule has 0 heterocycles. The Morgan fingerprint density at radius 3 is 2.67 bits per heavy atom. The minimum Gasteiger partial charge on any atom is -0.391 e. The monoisotopic (exact) mass is 146 g/mol. The average Bonchev–Trinajstić information content (AvgIpc) is 1.60. The van der Waals surface area contributed by atoms with Gasteiger partial charge in [0.05, 0.1) is 18.0 Å². The van der Waals surface area contributed by atoms with Crippen LogP contribution in [0.15, 0.2) is 0 Å². The molecule has 0 spiro atoms. The predicted octanol–water partition coefficient (Wildman–Crippen LogP) is 1.61. The number of carbonyl (C=O) groups excluding carboxylic acids is 1. The van der Waals surface area contributed by atoms with E-state index < -0.39 is 0 Å². The number of hydrogen-bond acceptors (Lipinski definition) is 3. The van der Waals surface area contributed by atoms with Gasteiger partial charge >= 0.3 is 5.97 Å². The van der Waals surface area contributed by atoms with Crippen molar-refractivity contribution >= 4 is 18.0 Å². The molecule has 0 unspecified atom stereocenters. The van der Waals surface area contributed by atoms with Crippen LogP contribution in [0, 0.1) is 5.92 Å². The molecule has 52 valence electrons. The first-order chi connectivity index (χ1) is 4.34. The van der Waals surface area contributed by atoms with Crippen LogP contribution in [0.25, 0.3) is 0 Å². The highest BCUT2D eigenvalue weighted by atomic mass is 32.2. The molecule has 0 saturated heterocycles. The Hall–Kier alpha value is -0.180. The van der Waals surface area contributed by atoms with Gasteiger partial charge in [-0.1, -0.05) is 6.42 Å². The topological polar surface area (TPSA) is 26.3 Å². The Kier molecular flexibility index (Phi) is 2.39. The molecule has 0 aromatic carbocycles. The van der Waals surface area contributed by atoms with Gasteiger partial charge in [0.15, 0.2) is 0 Å². The standard InChI is InChI=1S/C6H10O2S/c1-9-8-6(7)5-3-2-4-5/h5H,2-4H2,1H3. The maximum absolute atomic E-state index is 10.8. The molecule has 1 fully saturated rings. The summed E-state index contributed by atoms with van der Waals surface area (Å²) in [6.07, 6.45) is 5.00. The minimum absolute atomic E-state index is 0.0336. The van der Waals surface area contributed by atoms with E-state index in [0.717, 1.165) is 24.9 Å². The molecule has 0 radical (unpaired) electrons. The van der Waals surface area contributed by atoms with E-state index >= 15 is 0 Å². The Labute approximate surface area is 59.2 Å². The third-order valence-corrected chi connectivity index (χ3v) is 1.93. The van der Waals surface area contributed by atoms with Crippen LogP contribution in [0.1, 0.15) is 19.3 Å². The van der Waals surface area contributed by atoms with Gasteiger partial charge in [0.1, 0.15) is 0 Å². The Bertz CT molecular complexity index is 110. The second-order valence-corrected chi connectivity index (χ2v) is 2.70. The van der Waals surface area contributed by atoms with Crippen LogP contribution in [-0.4, -0.2) is 12.2 Å². The zero-order chi connectivity index (χ0) is 6.69. The molecular weight excluding hydrogens is 136 g/mol. The molecule has 9 heavy (non-hydrogen) atoms. The Balaban J connectivity index is 2.16. The third kappa shape index (κ3) is 1.61. The van der Waals surface area contributed by atoms with Crippen LogP contribution in [0.4, 0.5) is 0 Å². The van der Waals surface area contributed by atoms with Crippen molar-refractivity contribution < 1.29 is 8.98 Å². The highest BCUT2D eigenvalue weighted by Gasteiger charge is 2.26. The summed E-state index contributed by atoms with van der Waals surface area (Å²) in [5.74, 6) is 0.186. The molecule has 0 aromatic heterocycles. The first kappa shape index (κ1) is 6.93. The summed E-state index contributed by atoms with van der Waals surface area (Å²) in [5, 5.41) is 0. The van der Waals surface area contributed by atoms with Gasteiger partial charge in [-0.2, -0.15) is 0 Å². The Morgan fingerprint density at radius 2 is 2.33 bits per heavy atom. The summed E-state index contributed by atoms with van der Waals surface area (Å²) in [6, 6.07) is 0. The van der Waals surface area contributed by atoms with Gasteiger partial charge in [0.25, 0.3) is 0 Å². The normalized spacial score (nSPS) is 18.8. The van der Waals surface area contributed by atoms with E-state index in [9.17, 15) is 4.79 Å². The van der Waals surface area contributed by atoms with Crippen molar-refractivity contribution in [1.29, 1.82) is 0 Å². The molecule has 3 heteroatoms. The van der Waals surface area contributed by atoms with Gasteiger partial charge < -0.3 is 4.18 Å². The van der Waals surface area contributed by atoms with Gasteiger partial charge in [-0.15, -0.1) is 0 Å². The van der Waals surface area contributed by atoms with Crippen molar-refractivity contribution in [2.75, 3.05) is 6.26 Å². The van der Waals surface area contributed by atoms with Crippen LogP contribution in [-0.2, 0) is 8.98 Å². The molecule has 0 aromatic rings. The molecule has 0 bridgehead atoms. The van der Waals surface area contributed by atoms with Gasteiger partial charge in [0.2, 0.25) is 0 Å². The first-order valence-electron chi connectivity index (χ1n) is 3.09. The molecule has 2 nitrogen and oxygen atoms in total. The highest BCUT2D eigenvalue weighted by molar-refractivity contribution is 7.94. The van der Waals surface area contributed by atoms with Crippen molar-refractivity contribution in [2.24, 2.45) is 5.92 Å². The van der Waals surface area contributed by atoms with Crippen LogP contribution in [0.2, 0.25) is 0 Å². The third-order valence-electron chi connectivity index (χ3n) is 1.60. The lowest BCUT2D eigenvalue weighted by atomic mass is 9.86. The van der Waals surface area contributed by atoms with Crippen molar-refractivity contribution in [3.8, 4) is 0 Å². The molecule has 0 aliphatic heterocycles. The second-order valence-electron chi connectivity index (χ2n) is 2.20. The SMILES string of the molecule is CSOC(=O)C1CCC1. The van der Waals surface area contributed by atoms with E-state index in [4.69, 9.17) is 4.18 Å². The minimum atomic E-state index is -0.0336. The second kappa shape index (κ2) is 3.11. The smallest absolute Gasteiger partial charge is 0.320 e. The van der Waals surface area contributed by atoms with Gasteiger partial charge in [-0.05, 0) is 12.8 Å². The van der Waals surface area contributed by atoms with E-state index in [0.29, 0.717) is 0 Å². The van der Waals surface area contributed by atoms with Crippen molar-refractivity contribution in [3.63, 3.8) is 0 Å². The first-order valence-corrected chi connectivity index (χ1v) is 4.24. The lowest BCUT2D eigenvalue weighted by molar-refractivity contribution is -0.140. The molecule has 0 atom stereocenters. The van der Waals surface area contributed by atoms with E-state index in [-0.39, 0.29) is 11.9 Å². The molecular formula is C6H10O2S. The Morgan fingerprint density at radius 1 is 1.67 bits per heavy atom. The van der Waals surface area contributed by atoms with Crippen LogP contribution in [0.5, 0.6) is 0 Å². The van der Waals surface area contributed by atoms with E-state index in [1.165, 1.54) is 6.42 Å². The van der Waals surface area contributed by atoms with Crippen molar-refractivity contribution in [1.82, 2.24) is 0 Å². The maximum Gasteiger partial charge on any atom is 0.320 e. The highest BCUT2D eigenvalue weighted by Crippen LogP contribution is 2.28. The van der Waals surface area contributed by atoms with E-state index in [2.05, 4.69) is 0 Å². The van der Waals surface area contributed by atoms with Crippen molar-refractivity contribution in [3.05, 3.63) is 0 Å². The van der Waals surface area contributed by atoms with Gasteiger partial charge in [-0.25, -0.2) is 0 Å². The summed E-state index contributed by atoms with van der Waals surface area (Å²) in [7, 11) is 0. The molecule has 1 aliphatic carbocycles. The predicted molar refractivity (Wildman–Crippen MR) is 36.9 cm³/mol. The zero-order valence-electron chi connectivity index (χ0n) is 5.42. The fraction of sp³-hybridized carbons (Fsp3) is 0.833. The molecule has 0 N–H and O–H groups in total. The molecule has 1 rings (SSSR count). The summed E-state index contributed by atoms with van der Waals surface area (Å²) >= 11 is 1.14. The van der Waals surface area contributed by atoms with E-state index in [1.54, 1.807) is 6.26 Å². The molecule has 1 aliphatic rings. The summed E-state index contributed by atoms with van der Waals surface area (Å²) in [6.45, 7) is 0. The van der Waals surface area contributed by atoms with Crippen LogP contribution in [0.3, 0.4) is 0 Å². The van der Waals surface area contributed by atoms with Crippen LogP contribution < -0.4 is 0 Å². The van der Waals surface area contributed by atoms with Gasteiger partial charge in [-0.3, -0.25) is 4.79 Å². The average molecular weight is 146 g/mol. The number of rotatable bonds is 2. The van der Waals surface area contributed by atoms with Crippen molar-refractivity contribution in [2.45, 2.75) is 19.3 Å². The zero-order valence-corrected chi connectivity index (χ0v) is 6.24. The summed E-state index contributed by atoms with van der Waals surface area (Å²) in [4.78, 5) is 10.8. The lowest BCUT2D eigenvalue weighted by Crippen LogP contribution is -2.22.